The van der Waals surface area contributed by atoms with Crippen molar-refractivity contribution >= 4 is 0 Å². The molecule has 0 amide bonds. The first-order chi connectivity index (χ1) is 9.41. The second kappa shape index (κ2) is 6.17. The summed E-state index contributed by atoms with van der Waals surface area (Å²) in [6.07, 6.45) is 2.46. The fourth-order valence-corrected chi connectivity index (χ4v) is 3.25. The number of hydrogen-bond acceptors (Lipinski definition) is 2. The highest BCUT2D eigenvalue weighted by Gasteiger charge is 2.37. The zero-order valence-corrected chi connectivity index (χ0v) is 13.4. The van der Waals surface area contributed by atoms with Gasteiger partial charge in [-0.1, -0.05) is 39.8 Å². The average Bonchev–Trinajstić information content (AvgIpc) is 2.40. The van der Waals surface area contributed by atoms with Crippen molar-refractivity contribution in [2.45, 2.75) is 46.0 Å². The number of rotatable bonds is 4. The van der Waals surface area contributed by atoms with Gasteiger partial charge < -0.3 is 10.0 Å². The summed E-state index contributed by atoms with van der Waals surface area (Å²) in [4.78, 5) is 2.61. The summed E-state index contributed by atoms with van der Waals surface area (Å²) >= 11 is 0. The lowest BCUT2D eigenvalue weighted by atomic mass is 9.68. The van der Waals surface area contributed by atoms with Gasteiger partial charge in [-0.05, 0) is 60.9 Å². The van der Waals surface area contributed by atoms with Gasteiger partial charge in [0.25, 0.3) is 0 Å². The molecule has 0 aliphatic carbocycles. The maximum Gasteiger partial charge on any atom is 0.115 e. The van der Waals surface area contributed by atoms with Crippen LogP contribution >= 0.6 is 0 Å². The minimum atomic E-state index is 0.188. The van der Waals surface area contributed by atoms with Crippen molar-refractivity contribution in [3.05, 3.63) is 29.8 Å². The molecule has 0 bridgehead atoms. The Bertz CT molecular complexity index is 443. The number of phenols is 1. The smallest absolute Gasteiger partial charge is 0.115 e. The number of piperidine rings is 1. The van der Waals surface area contributed by atoms with Crippen LogP contribution in [0.25, 0.3) is 0 Å². The van der Waals surface area contributed by atoms with E-state index in [1.54, 1.807) is 6.07 Å². The Hall–Kier alpha value is -1.02. The van der Waals surface area contributed by atoms with Crippen molar-refractivity contribution in [1.29, 1.82) is 0 Å². The number of likely N-dealkylation sites (tertiary alicyclic amines) is 1. The molecule has 0 aromatic heterocycles. The predicted octanol–water partition coefficient (Wildman–Crippen LogP) is 4.04. The molecule has 1 heterocycles. The van der Waals surface area contributed by atoms with Crippen LogP contribution in [0.4, 0.5) is 0 Å². The number of hydrogen-bond donors (Lipinski definition) is 1. The highest BCUT2D eigenvalue weighted by atomic mass is 16.3. The van der Waals surface area contributed by atoms with Crippen molar-refractivity contribution in [2.24, 2.45) is 11.8 Å². The molecule has 1 fully saturated rings. The largest absolute Gasteiger partial charge is 0.508 e. The minimum Gasteiger partial charge on any atom is -0.508 e. The maximum absolute atomic E-state index is 9.73. The lowest BCUT2D eigenvalue weighted by molar-refractivity contribution is 0.107. The summed E-state index contributed by atoms with van der Waals surface area (Å²) in [5.74, 6) is 1.79. The molecular formula is C18H29NO. The van der Waals surface area contributed by atoms with Crippen LogP contribution in [0.2, 0.25) is 0 Å². The number of nitrogens with zero attached hydrogens (tertiary/aromatic N) is 1. The van der Waals surface area contributed by atoms with Gasteiger partial charge in [0, 0.05) is 6.54 Å². The van der Waals surface area contributed by atoms with E-state index in [2.05, 4.69) is 38.7 Å². The van der Waals surface area contributed by atoms with Crippen LogP contribution in [0, 0.1) is 11.8 Å². The summed E-state index contributed by atoms with van der Waals surface area (Å²) in [6, 6.07) is 7.84. The second-order valence-electron chi connectivity index (χ2n) is 7.10. The van der Waals surface area contributed by atoms with Crippen LogP contribution < -0.4 is 0 Å². The van der Waals surface area contributed by atoms with Crippen LogP contribution in [-0.4, -0.2) is 29.6 Å². The van der Waals surface area contributed by atoms with Crippen molar-refractivity contribution < 1.29 is 5.11 Å². The monoisotopic (exact) mass is 275 g/mol. The second-order valence-corrected chi connectivity index (χ2v) is 7.10. The summed E-state index contributed by atoms with van der Waals surface area (Å²) in [5.41, 5.74) is 1.47. The normalized spacial score (nSPS) is 27.9. The third kappa shape index (κ3) is 3.35. The SMILES string of the molecule is CC(C)CCN1CC[C@](C)(c2cccc(O)c2)[C@H](C)C1. The van der Waals surface area contributed by atoms with Crippen molar-refractivity contribution in [1.82, 2.24) is 4.90 Å². The topological polar surface area (TPSA) is 23.5 Å². The van der Waals surface area contributed by atoms with Crippen molar-refractivity contribution in [3.8, 4) is 5.75 Å². The fraction of sp³-hybridized carbons (Fsp3) is 0.667. The molecular weight excluding hydrogens is 246 g/mol. The van der Waals surface area contributed by atoms with E-state index in [-0.39, 0.29) is 5.41 Å². The number of benzene rings is 1. The third-order valence-corrected chi connectivity index (χ3v) is 5.10. The molecule has 2 rings (SSSR count). The van der Waals surface area contributed by atoms with Gasteiger partial charge in [0.1, 0.15) is 5.75 Å². The first kappa shape index (κ1) is 15.4. The Balaban J connectivity index is 2.05. The summed E-state index contributed by atoms with van der Waals surface area (Å²) < 4.78 is 0. The first-order valence-electron chi connectivity index (χ1n) is 7.93. The quantitative estimate of drug-likeness (QED) is 0.896. The molecule has 20 heavy (non-hydrogen) atoms. The van der Waals surface area contributed by atoms with Gasteiger partial charge in [0.2, 0.25) is 0 Å². The van der Waals surface area contributed by atoms with Crippen LogP contribution in [0.5, 0.6) is 5.75 Å². The molecule has 1 aromatic rings. The fourth-order valence-electron chi connectivity index (χ4n) is 3.25. The molecule has 1 saturated heterocycles. The maximum atomic E-state index is 9.73. The molecule has 0 saturated carbocycles. The summed E-state index contributed by atoms with van der Waals surface area (Å²) in [5, 5.41) is 9.73. The van der Waals surface area contributed by atoms with Crippen molar-refractivity contribution in [3.63, 3.8) is 0 Å². The highest BCUT2D eigenvalue weighted by Crippen LogP contribution is 2.40. The molecule has 0 radical (unpaired) electrons. The molecule has 1 N–H and O–H groups in total. The van der Waals surface area contributed by atoms with Gasteiger partial charge in [-0.3, -0.25) is 0 Å². The summed E-state index contributed by atoms with van der Waals surface area (Å²) in [6.45, 7) is 12.9. The molecule has 1 aromatic carbocycles. The number of phenolic OH excluding ortho intramolecular Hbond substituents is 1. The molecule has 0 unspecified atom stereocenters. The molecule has 2 nitrogen and oxygen atoms in total. The van der Waals surface area contributed by atoms with Crippen LogP contribution in [0.15, 0.2) is 24.3 Å². The van der Waals surface area contributed by atoms with Gasteiger partial charge in [0.05, 0.1) is 0 Å². The van der Waals surface area contributed by atoms with Crippen molar-refractivity contribution in [2.75, 3.05) is 19.6 Å². The Morgan fingerprint density at radius 1 is 1.40 bits per heavy atom. The van der Waals surface area contributed by atoms with E-state index in [0.29, 0.717) is 11.7 Å². The van der Waals surface area contributed by atoms with E-state index in [4.69, 9.17) is 0 Å². The first-order valence-corrected chi connectivity index (χ1v) is 7.93. The van der Waals surface area contributed by atoms with Gasteiger partial charge >= 0.3 is 0 Å². The van der Waals surface area contributed by atoms with E-state index in [0.717, 1.165) is 5.92 Å². The lowest BCUT2D eigenvalue weighted by Gasteiger charge is -2.45. The predicted molar refractivity (Wildman–Crippen MR) is 85.1 cm³/mol. The zero-order chi connectivity index (χ0) is 14.8. The molecule has 2 atom stereocenters. The van der Waals surface area contributed by atoms with Crippen LogP contribution in [0.1, 0.15) is 46.1 Å². The Morgan fingerprint density at radius 2 is 2.15 bits per heavy atom. The molecule has 1 aliphatic rings. The van der Waals surface area contributed by atoms with Gasteiger partial charge in [-0.15, -0.1) is 0 Å². The van der Waals surface area contributed by atoms with E-state index >= 15 is 0 Å². The van der Waals surface area contributed by atoms with E-state index in [1.165, 1.54) is 38.0 Å². The number of aromatic hydroxyl groups is 1. The summed E-state index contributed by atoms with van der Waals surface area (Å²) in [7, 11) is 0. The van der Waals surface area contributed by atoms with Gasteiger partial charge in [-0.25, -0.2) is 0 Å². The molecule has 0 spiro atoms. The molecule has 2 heteroatoms. The Morgan fingerprint density at radius 3 is 2.75 bits per heavy atom. The van der Waals surface area contributed by atoms with Gasteiger partial charge in [0.15, 0.2) is 0 Å². The van der Waals surface area contributed by atoms with E-state index < -0.39 is 0 Å². The Kier molecular flexibility index (Phi) is 4.74. The molecule has 112 valence electrons. The average molecular weight is 275 g/mol. The van der Waals surface area contributed by atoms with E-state index in [9.17, 15) is 5.11 Å². The lowest BCUT2D eigenvalue weighted by Crippen LogP contribution is -2.47. The zero-order valence-electron chi connectivity index (χ0n) is 13.4. The van der Waals surface area contributed by atoms with Crippen LogP contribution in [0.3, 0.4) is 0 Å². The Labute approximate surface area is 123 Å². The van der Waals surface area contributed by atoms with E-state index in [1.807, 2.05) is 12.1 Å². The third-order valence-electron chi connectivity index (χ3n) is 5.10. The molecule has 1 aliphatic heterocycles. The van der Waals surface area contributed by atoms with Crippen LogP contribution in [-0.2, 0) is 5.41 Å². The highest BCUT2D eigenvalue weighted by molar-refractivity contribution is 5.33. The minimum absolute atomic E-state index is 0.188. The standard InChI is InChI=1S/C18H29NO/c1-14(2)8-10-19-11-9-18(4,15(3)13-19)16-6-5-7-17(20)12-16/h5-7,12,14-15,20H,8-11,13H2,1-4H3/t15-,18+/m1/s1. The van der Waals surface area contributed by atoms with Gasteiger partial charge in [-0.2, -0.15) is 0 Å².